The number of nitrogens with zero attached hydrogens (tertiary/aromatic N) is 3. The number of hydrogen-bond acceptors (Lipinski definition) is 1. The molecule has 0 amide bonds. The van der Waals surface area contributed by atoms with E-state index in [9.17, 15) is 0 Å². The van der Waals surface area contributed by atoms with E-state index in [1.54, 1.807) is 11.1 Å². The Balaban J connectivity index is 0.765. The molecule has 0 N–H and O–H groups in total. The maximum Gasteiger partial charge on any atom is 0.0547 e. The standard InChI is InChI=1S/C77H65N3/c1-6-46(2)57-36-30-53(43-66(57)56-18-8-7-16-47(56)3)79-71-23-13-10-20-62(71)64-34-28-50(40-73(64)79)51-29-35-65-63-21-11-14-24-72(63)80(74(65)41-51)54-31-37-60-59-32-26-48(38-68(59)76(4,5)69(60)44-54)49-27-33-61-58-19-9-12-22-67(58)77(70(61)39-49)52-17-15-25-75(77)78-45-55(78)42-52/h7-14,16,18-24,26-41,43-44,46,52,55,75H,6,15,17,25,42,45H2,1-5H3. The third-order valence-electron chi connectivity index (χ3n) is 20.8. The first-order chi connectivity index (χ1) is 39.2. The summed E-state index contributed by atoms with van der Waals surface area (Å²) in [5, 5.41) is 5.07. The number of aromatic nitrogens is 2. The van der Waals surface area contributed by atoms with Gasteiger partial charge in [-0.25, -0.2) is 0 Å². The van der Waals surface area contributed by atoms with E-state index in [2.05, 4.69) is 255 Å². The van der Waals surface area contributed by atoms with Crippen molar-refractivity contribution in [3.05, 3.63) is 240 Å². The van der Waals surface area contributed by atoms with Crippen LogP contribution in [0, 0.1) is 12.8 Å². The Hall–Kier alpha value is -8.24. The molecule has 6 unspecified atom stereocenters. The average Bonchev–Trinajstić information content (AvgIpc) is 3.60. The minimum absolute atomic E-state index is 0.0888. The summed E-state index contributed by atoms with van der Waals surface area (Å²) >= 11 is 0. The molecule has 1 spiro atoms. The van der Waals surface area contributed by atoms with Crippen LogP contribution in [0.1, 0.15) is 99.1 Å². The molecule has 6 atom stereocenters. The van der Waals surface area contributed by atoms with Crippen molar-refractivity contribution in [2.75, 3.05) is 6.54 Å². The van der Waals surface area contributed by atoms with Gasteiger partial charge in [-0.2, -0.15) is 0 Å². The summed E-state index contributed by atoms with van der Waals surface area (Å²) in [5.41, 5.74) is 29.2. The normalized spacial score (nSPS) is 21.2. The van der Waals surface area contributed by atoms with Gasteiger partial charge in [0.1, 0.15) is 0 Å². The molecular weight excluding hydrogens is 967 g/mol. The maximum absolute atomic E-state index is 2.87. The summed E-state index contributed by atoms with van der Waals surface area (Å²) in [6.45, 7) is 13.1. The Morgan fingerprint density at radius 2 is 0.988 bits per heavy atom. The van der Waals surface area contributed by atoms with Gasteiger partial charge in [-0.15, -0.1) is 0 Å². The first-order valence-corrected chi connectivity index (χ1v) is 29.8. The molecule has 3 nitrogen and oxygen atoms in total. The van der Waals surface area contributed by atoms with Crippen molar-refractivity contribution in [2.45, 2.75) is 95.6 Å². The van der Waals surface area contributed by atoms with Gasteiger partial charge in [-0.3, -0.25) is 4.90 Å². The topological polar surface area (TPSA) is 12.9 Å². The van der Waals surface area contributed by atoms with E-state index < -0.39 is 0 Å². The molecule has 10 aromatic carbocycles. The predicted molar refractivity (Wildman–Crippen MR) is 335 cm³/mol. The first-order valence-electron chi connectivity index (χ1n) is 29.8. The van der Waals surface area contributed by atoms with Gasteiger partial charge in [0.2, 0.25) is 0 Å². The molecule has 5 aliphatic rings. The van der Waals surface area contributed by atoms with Crippen LogP contribution in [0.2, 0.25) is 0 Å². The third-order valence-corrected chi connectivity index (χ3v) is 20.8. The van der Waals surface area contributed by atoms with Crippen LogP contribution >= 0.6 is 0 Å². The van der Waals surface area contributed by atoms with Crippen LogP contribution in [-0.4, -0.2) is 32.7 Å². The lowest BCUT2D eigenvalue weighted by Gasteiger charge is -2.53. The van der Waals surface area contributed by atoms with Crippen molar-refractivity contribution in [2.24, 2.45) is 5.92 Å². The fourth-order valence-electron chi connectivity index (χ4n) is 16.8. The largest absolute Gasteiger partial charge is 0.309 e. The van der Waals surface area contributed by atoms with Crippen molar-refractivity contribution >= 4 is 43.6 Å². The Morgan fingerprint density at radius 3 is 1.68 bits per heavy atom. The number of rotatable bonds is 7. The minimum Gasteiger partial charge on any atom is -0.309 e. The number of aryl methyl sites for hydroxylation is 1. The van der Waals surface area contributed by atoms with Gasteiger partial charge >= 0.3 is 0 Å². The molecule has 3 heteroatoms. The monoisotopic (exact) mass is 1030 g/mol. The highest BCUT2D eigenvalue weighted by Gasteiger charge is 2.64. The van der Waals surface area contributed by atoms with Gasteiger partial charge in [-0.1, -0.05) is 180 Å². The lowest BCUT2D eigenvalue weighted by atomic mass is 9.56. The summed E-state index contributed by atoms with van der Waals surface area (Å²) in [6.07, 6.45) is 6.44. The second-order valence-electron chi connectivity index (χ2n) is 25.1. The first kappa shape index (κ1) is 46.7. The minimum atomic E-state index is -0.202. The number of hydrogen-bond donors (Lipinski definition) is 0. The SMILES string of the molecule is CCC(C)c1ccc(-n2c3ccccc3c3ccc(-c4ccc5c6ccccc6n(-c6ccc7c(c6)C(C)(C)c6cc(-c8ccc9c(c8)C8(c%10ccccc%10-9)C9CCCC8N8CC8C9)ccc6-7)c5c4)cc32)cc1-c1ccccc1C. The number of para-hydroxylation sites is 2. The van der Waals surface area contributed by atoms with Crippen LogP contribution < -0.4 is 0 Å². The molecule has 3 fully saturated rings. The van der Waals surface area contributed by atoms with E-state index in [-0.39, 0.29) is 10.8 Å². The molecule has 17 rings (SSSR count). The Morgan fingerprint density at radius 1 is 0.463 bits per heavy atom. The van der Waals surface area contributed by atoms with Gasteiger partial charge in [0.25, 0.3) is 0 Å². The molecule has 12 aromatic rings. The summed E-state index contributed by atoms with van der Waals surface area (Å²) in [5.74, 6) is 1.15. The van der Waals surface area contributed by atoms with Gasteiger partial charge < -0.3 is 9.13 Å². The number of benzene rings is 10. The van der Waals surface area contributed by atoms with Gasteiger partial charge in [-0.05, 0) is 194 Å². The fourth-order valence-corrected chi connectivity index (χ4v) is 16.8. The molecule has 2 aromatic heterocycles. The summed E-state index contributed by atoms with van der Waals surface area (Å²) in [4.78, 5) is 2.87. The molecule has 0 radical (unpaired) electrons. The van der Waals surface area contributed by atoms with E-state index >= 15 is 0 Å². The highest BCUT2D eigenvalue weighted by atomic mass is 15.4. The summed E-state index contributed by atoms with van der Waals surface area (Å²) in [7, 11) is 0. The van der Waals surface area contributed by atoms with Crippen molar-refractivity contribution in [1.82, 2.24) is 14.0 Å². The molecule has 3 aliphatic carbocycles. The van der Waals surface area contributed by atoms with E-state index in [0.717, 1.165) is 12.5 Å². The maximum atomic E-state index is 2.87. The Kier molecular flexibility index (Phi) is 9.85. The van der Waals surface area contributed by atoms with Crippen molar-refractivity contribution < 1.29 is 0 Å². The second kappa shape index (κ2) is 16.9. The van der Waals surface area contributed by atoms with Crippen molar-refractivity contribution in [3.63, 3.8) is 0 Å². The van der Waals surface area contributed by atoms with Crippen molar-refractivity contribution in [1.29, 1.82) is 0 Å². The highest BCUT2D eigenvalue weighted by molar-refractivity contribution is 6.12. The molecule has 1 saturated carbocycles. The molecule has 2 saturated heterocycles. The van der Waals surface area contributed by atoms with Crippen LogP contribution in [0.15, 0.2) is 206 Å². The quantitative estimate of drug-likeness (QED) is 0.145. The third kappa shape index (κ3) is 6.36. The second-order valence-corrected chi connectivity index (χ2v) is 25.1. The number of piperidine rings is 1. The average molecular weight is 1030 g/mol. The van der Waals surface area contributed by atoms with Crippen LogP contribution in [0.4, 0.5) is 0 Å². The van der Waals surface area contributed by atoms with Crippen molar-refractivity contribution in [3.8, 4) is 67.0 Å². The predicted octanol–water partition coefficient (Wildman–Crippen LogP) is 19.5. The smallest absolute Gasteiger partial charge is 0.0547 e. The van der Waals surface area contributed by atoms with E-state index in [4.69, 9.17) is 0 Å². The molecule has 2 bridgehead atoms. The lowest BCUT2D eigenvalue weighted by molar-refractivity contribution is 0.0773. The zero-order valence-electron chi connectivity index (χ0n) is 46.5. The van der Waals surface area contributed by atoms with Crippen LogP contribution in [0.3, 0.4) is 0 Å². The van der Waals surface area contributed by atoms with Gasteiger partial charge in [0.05, 0.1) is 22.1 Å². The molecule has 388 valence electrons. The van der Waals surface area contributed by atoms with Crippen LogP contribution in [0.5, 0.6) is 0 Å². The van der Waals surface area contributed by atoms with Gasteiger partial charge in [0, 0.05) is 62.4 Å². The zero-order valence-corrected chi connectivity index (χ0v) is 46.5. The van der Waals surface area contributed by atoms with E-state index in [1.807, 2.05) is 0 Å². The zero-order chi connectivity index (χ0) is 53.3. The van der Waals surface area contributed by atoms with Gasteiger partial charge in [0.15, 0.2) is 0 Å². The van der Waals surface area contributed by atoms with E-state index in [1.165, 1.54) is 165 Å². The fraction of sp³-hybridized carbons (Fsp3) is 0.221. The summed E-state index contributed by atoms with van der Waals surface area (Å²) in [6, 6.07) is 81.3. The molecule has 80 heavy (non-hydrogen) atoms. The highest BCUT2D eigenvalue weighted by Crippen LogP contribution is 2.65. The molecular formula is C77H65N3. The Labute approximate surface area is 469 Å². The summed E-state index contributed by atoms with van der Waals surface area (Å²) < 4.78 is 5.03. The molecule has 2 aliphatic heterocycles. The number of fused-ring (bicyclic) bond motifs is 14. The molecule has 4 heterocycles. The lowest BCUT2D eigenvalue weighted by Crippen LogP contribution is -2.55. The van der Waals surface area contributed by atoms with Crippen LogP contribution in [-0.2, 0) is 10.8 Å². The van der Waals surface area contributed by atoms with Crippen LogP contribution in [0.25, 0.3) is 111 Å². The van der Waals surface area contributed by atoms with E-state index in [0.29, 0.717) is 17.9 Å². The Bertz CT molecular complexity index is 4620.